The predicted molar refractivity (Wildman–Crippen MR) is 107 cm³/mol. The van der Waals surface area contributed by atoms with E-state index in [1.807, 2.05) is 6.92 Å². The Labute approximate surface area is 178 Å². The monoisotopic (exact) mass is 434 g/mol. The fraction of sp³-hybridized carbons (Fsp3) is 0.591. The van der Waals surface area contributed by atoms with Gasteiger partial charge in [-0.25, -0.2) is 0 Å². The zero-order valence-electron chi connectivity index (χ0n) is 16.7. The number of thioether (sulfide) groups is 1. The first-order chi connectivity index (χ1) is 14.4. The molecule has 1 atom stereocenters. The maximum absolute atomic E-state index is 13.4. The Bertz CT molecular complexity index is 895. The lowest BCUT2D eigenvalue weighted by atomic mass is 9.48. The van der Waals surface area contributed by atoms with E-state index in [-0.39, 0.29) is 22.3 Å². The summed E-state index contributed by atoms with van der Waals surface area (Å²) in [7, 11) is 0. The standard InChI is InChI=1S/C22H24F2N2O3S/c1-12(18(27)22-9-13-6-14(10-22)8-15(7-13)11-22)30-21-26-25-19(29-21)16-2-4-17(5-3-16)28-20(23)24/h2-5,12-15,20H,6-11H2,1H3. The van der Waals surface area contributed by atoms with Crippen molar-refractivity contribution in [3.8, 4) is 17.2 Å². The Morgan fingerprint density at radius 2 is 1.70 bits per heavy atom. The number of ketones is 1. The number of Topliss-reactive ketones (excluding diaryl/α,β-unsaturated/α-hetero) is 1. The van der Waals surface area contributed by atoms with Crippen LogP contribution in [0.5, 0.6) is 5.75 Å². The van der Waals surface area contributed by atoms with Crippen molar-refractivity contribution in [1.82, 2.24) is 10.2 Å². The third kappa shape index (κ3) is 3.74. The molecule has 0 aliphatic heterocycles. The quantitative estimate of drug-likeness (QED) is 0.528. The minimum absolute atomic E-state index is 0.0673. The number of carbonyl (C=O) groups excluding carboxylic acids is 1. The molecule has 0 saturated heterocycles. The first kappa shape index (κ1) is 20.0. The third-order valence-electron chi connectivity index (χ3n) is 6.94. The predicted octanol–water partition coefficient (Wildman–Crippen LogP) is 5.60. The summed E-state index contributed by atoms with van der Waals surface area (Å²) in [5.41, 5.74) is 0.459. The van der Waals surface area contributed by atoms with E-state index in [0.717, 1.165) is 37.0 Å². The average molecular weight is 435 g/mol. The van der Waals surface area contributed by atoms with Crippen LogP contribution in [0.15, 0.2) is 33.9 Å². The van der Waals surface area contributed by atoms with Crippen LogP contribution < -0.4 is 4.74 Å². The number of ether oxygens (including phenoxy) is 1. The van der Waals surface area contributed by atoms with Crippen LogP contribution in [0.1, 0.15) is 45.4 Å². The molecule has 1 aromatic heterocycles. The highest BCUT2D eigenvalue weighted by molar-refractivity contribution is 8.00. The van der Waals surface area contributed by atoms with Crippen molar-refractivity contribution in [1.29, 1.82) is 0 Å². The largest absolute Gasteiger partial charge is 0.435 e. The summed E-state index contributed by atoms with van der Waals surface area (Å²) in [4.78, 5) is 13.4. The van der Waals surface area contributed by atoms with E-state index >= 15 is 0 Å². The van der Waals surface area contributed by atoms with Gasteiger partial charge in [-0.3, -0.25) is 4.79 Å². The molecule has 2 aromatic rings. The molecule has 8 heteroatoms. The Balaban J connectivity index is 1.25. The van der Waals surface area contributed by atoms with Crippen LogP contribution in [-0.4, -0.2) is 27.8 Å². The molecule has 0 spiro atoms. The average Bonchev–Trinajstić information content (AvgIpc) is 3.15. The lowest BCUT2D eigenvalue weighted by Gasteiger charge is -2.56. The highest BCUT2D eigenvalue weighted by atomic mass is 32.2. The molecule has 1 unspecified atom stereocenters. The number of hydrogen-bond donors (Lipinski definition) is 0. The number of rotatable bonds is 7. The van der Waals surface area contributed by atoms with Crippen LogP contribution in [0.2, 0.25) is 0 Å². The normalized spacial score (nSPS) is 30.6. The van der Waals surface area contributed by atoms with Crippen molar-refractivity contribution in [2.24, 2.45) is 23.2 Å². The zero-order chi connectivity index (χ0) is 20.9. The first-order valence-corrected chi connectivity index (χ1v) is 11.4. The van der Waals surface area contributed by atoms with Crippen molar-refractivity contribution < 1.29 is 22.7 Å². The van der Waals surface area contributed by atoms with E-state index in [1.54, 1.807) is 12.1 Å². The topological polar surface area (TPSA) is 65.2 Å². The van der Waals surface area contributed by atoms with Gasteiger partial charge in [0.25, 0.3) is 5.22 Å². The van der Waals surface area contributed by atoms with Crippen LogP contribution in [0, 0.1) is 23.2 Å². The number of carbonyl (C=O) groups is 1. The first-order valence-electron chi connectivity index (χ1n) is 10.5. The molecule has 4 fully saturated rings. The fourth-order valence-corrected chi connectivity index (χ4v) is 7.08. The zero-order valence-corrected chi connectivity index (χ0v) is 17.5. The van der Waals surface area contributed by atoms with Crippen LogP contribution in [0.4, 0.5) is 8.78 Å². The van der Waals surface area contributed by atoms with Crippen molar-refractivity contribution in [2.45, 2.75) is 62.5 Å². The second-order valence-electron chi connectivity index (χ2n) is 9.10. The van der Waals surface area contributed by atoms with Gasteiger partial charge in [0.05, 0.1) is 5.25 Å². The Morgan fingerprint density at radius 3 is 2.27 bits per heavy atom. The molecule has 1 aromatic carbocycles. The number of alkyl halides is 2. The molecule has 0 radical (unpaired) electrons. The molecule has 0 N–H and O–H groups in total. The number of halogens is 2. The molecule has 4 saturated carbocycles. The van der Waals surface area contributed by atoms with Crippen LogP contribution in [-0.2, 0) is 4.79 Å². The SMILES string of the molecule is CC(Sc1nnc(-c2ccc(OC(F)F)cc2)o1)C(=O)C12CC3CC(CC(C3)C1)C2. The van der Waals surface area contributed by atoms with Crippen LogP contribution in [0.25, 0.3) is 11.5 Å². The lowest BCUT2D eigenvalue weighted by Crippen LogP contribution is -2.51. The number of hydrogen-bond acceptors (Lipinski definition) is 6. The molecule has 1 heterocycles. The minimum atomic E-state index is -2.87. The number of aromatic nitrogens is 2. The van der Waals surface area contributed by atoms with Gasteiger partial charge < -0.3 is 9.15 Å². The smallest absolute Gasteiger partial charge is 0.387 e. The van der Waals surface area contributed by atoms with Gasteiger partial charge in [-0.05, 0) is 87.5 Å². The Hall–Kier alpha value is -1.96. The van der Waals surface area contributed by atoms with Crippen molar-refractivity contribution in [2.75, 3.05) is 0 Å². The summed E-state index contributed by atoms with van der Waals surface area (Å²) in [6, 6.07) is 6.03. The highest BCUT2D eigenvalue weighted by Crippen LogP contribution is 2.61. The summed E-state index contributed by atoms with van der Waals surface area (Å²) >= 11 is 1.31. The minimum Gasteiger partial charge on any atom is -0.435 e. The molecular weight excluding hydrogens is 410 g/mol. The summed E-state index contributed by atoms with van der Waals surface area (Å²) < 4.78 is 34.6. The third-order valence-corrected chi connectivity index (χ3v) is 7.87. The maximum Gasteiger partial charge on any atom is 0.387 e. The molecule has 30 heavy (non-hydrogen) atoms. The Kier molecular flexibility index (Phi) is 5.08. The van der Waals surface area contributed by atoms with Crippen molar-refractivity contribution >= 4 is 17.5 Å². The van der Waals surface area contributed by atoms with Crippen molar-refractivity contribution in [3.63, 3.8) is 0 Å². The summed E-state index contributed by atoms with van der Waals surface area (Å²) in [5, 5.41) is 8.23. The van der Waals surface area contributed by atoms with E-state index in [1.165, 1.54) is 43.2 Å². The molecule has 6 rings (SSSR count). The van der Waals surface area contributed by atoms with Crippen LogP contribution >= 0.6 is 11.8 Å². The summed E-state index contributed by atoms with van der Waals surface area (Å²) in [6.45, 7) is -0.929. The molecule has 160 valence electrons. The molecule has 4 bridgehead atoms. The lowest BCUT2D eigenvalue weighted by molar-refractivity contribution is -0.143. The van der Waals surface area contributed by atoms with Gasteiger partial charge in [-0.2, -0.15) is 8.78 Å². The van der Waals surface area contributed by atoms with E-state index in [2.05, 4.69) is 14.9 Å². The summed E-state index contributed by atoms with van der Waals surface area (Å²) in [5.74, 6) is 2.87. The highest BCUT2D eigenvalue weighted by Gasteiger charge is 2.55. The van der Waals surface area contributed by atoms with Gasteiger partial charge >= 0.3 is 6.61 Å². The van der Waals surface area contributed by atoms with Gasteiger partial charge in [0.2, 0.25) is 5.89 Å². The fourth-order valence-electron chi connectivity index (χ4n) is 6.20. The van der Waals surface area contributed by atoms with Crippen LogP contribution in [0.3, 0.4) is 0 Å². The molecule has 4 aliphatic rings. The van der Waals surface area contributed by atoms with E-state index in [0.29, 0.717) is 16.6 Å². The van der Waals surface area contributed by atoms with E-state index < -0.39 is 6.61 Å². The van der Waals surface area contributed by atoms with Gasteiger partial charge in [0, 0.05) is 11.0 Å². The van der Waals surface area contributed by atoms with Gasteiger partial charge in [0.15, 0.2) is 5.78 Å². The maximum atomic E-state index is 13.4. The second-order valence-corrected chi connectivity index (χ2v) is 10.4. The number of benzene rings is 1. The van der Waals surface area contributed by atoms with Gasteiger partial charge in [-0.1, -0.05) is 11.8 Å². The summed E-state index contributed by atoms with van der Waals surface area (Å²) in [6.07, 6.45) is 7.06. The molecule has 5 nitrogen and oxygen atoms in total. The van der Waals surface area contributed by atoms with Gasteiger partial charge in [0.1, 0.15) is 5.75 Å². The number of nitrogens with zero attached hydrogens (tertiary/aromatic N) is 2. The van der Waals surface area contributed by atoms with Gasteiger partial charge in [-0.15, -0.1) is 10.2 Å². The Morgan fingerprint density at radius 1 is 1.10 bits per heavy atom. The molecular formula is C22H24F2N2O3S. The second kappa shape index (κ2) is 7.62. The van der Waals surface area contributed by atoms with E-state index in [4.69, 9.17) is 4.42 Å². The molecule has 4 aliphatic carbocycles. The molecule has 0 amide bonds. The van der Waals surface area contributed by atoms with E-state index in [9.17, 15) is 13.6 Å². The van der Waals surface area contributed by atoms with Crippen molar-refractivity contribution in [3.05, 3.63) is 24.3 Å².